The Kier molecular flexibility index (Phi) is 6.68. The Morgan fingerprint density at radius 1 is 1.13 bits per heavy atom. The fourth-order valence-corrected chi connectivity index (χ4v) is 4.61. The van der Waals surface area contributed by atoms with Crippen LogP contribution in [0.2, 0.25) is 0 Å². The van der Waals surface area contributed by atoms with Gasteiger partial charge in [-0.3, -0.25) is 14.4 Å². The van der Waals surface area contributed by atoms with Crippen LogP contribution in [-0.2, 0) is 6.54 Å². The summed E-state index contributed by atoms with van der Waals surface area (Å²) in [5.74, 6) is -0.110. The van der Waals surface area contributed by atoms with Gasteiger partial charge < -0.3 is 10.4 Å². The van der Waals surface area contributed by atoms with E-state index in [1.165, 1.54) is 5.56 Å². The van der Waals surface area contributed by atoms with Gasteiger partial charge in [0.1, 0.15) is 0 Å². The smallest absolute Gasteiger partial charge is 0.272 e. The molecule has 6 heteroatoms. The van der Waals surface area contributed by atoms with Gasteiger partial charge in [-0.15, -0.1) is 0 Å². The lowest BCUT2D eigenvalue weighted by Gasteiger charge is -2.40. The van der Waals surface area contributed by atoms with Gasteiger partial charge in [-0.05, 0) is 44.7 Å². The van der Waals surface area contributed by atoms with E-state index in [1.807, 2.05) is 35.0 Å². The Hall–Kier alpha value is -2.70. The summed E-state index contributed by atoms with van der Waals surface area (Å²) in [6, 6.07) is 18.9. The minimum Gasteiger partial charge on any atom is -0.396 e. The van der Waals surface area contributed by atoms with Gasteiger partial charge in [-0.1, -0.05) is 48.5 Å². The molecular weight excluding hydrogens is 388 g/mol. The van der Waals surface area contributed by atoms with Gasteiger partial charge in [0.2, 0.25) is 0 Å². The molecule has 1 amide bonds. The molecule has 4 rings (SSSR count). The van der Waals surface area contributed by atoms with Gasteiger partial charge >= 0.3 is 0 Å². The van der Waals surface area contributed by atoms with Crippen LogP contribution in [0.15, 0.2) is 54.6 Å². The van der Waals surface area contributed by atoms with Crippen LogP contribution in [0.3, 0.4) is 0 Å². The fourth-order valence-electron chi connectivity index (χ4n) is 4.61. The number of nitrogens with one attached hydrogen (secondary N) is 1. The lowest BCUT2D eigenvalue weighted by Crippen LogP contribution is -2.51. The third-order valence-corrected chi connectivity index (χ3v) is 6.16. The van der Waals surface area contributed by atoms with Crippen molar-refractivity contribution >= 4 is 16.8 Å². The highest BCUT2D eigenvalue weighted by Crippen LogP contribution is 2.24. The average molecular weight is 421 g/mol. The molecule has 2 N–H and O–H groups in total. The van der Waals surface area contributed by atoms with Crippen molar-refractivity contribution in [1.82, 2.24) is 20.0 Å². The number of aliphatic hydroxyl groups is 1. The van der Waals surface area contributed by atoms with Crippen molar-refractivity contribution in [2.75, 3.05) is 13.2 Å². The predicted molar refractivity (Wildman–Crippen MR) is 123 cm³/mol. The van der Waals surface area contributed by atoms with E-state index in [0.29, 0.717) is 11.7 Å². The van der Waals surface area contributed by atoms with Crippen molar-refractivity contribution in [3.8, 4) is 0 Å². The first-order chi connectivity index (χ1) is 15.1. The highest BCUT2D eigenvalue weighted by atomic mass is 16.3. The van der Waals surface area contributed by atoms with Crippen LogP contribution in [-0.4, -0.2) is 50.9 Å². The second kappa shape index (κ2) is 9.62. The number of hydrogen-bond donors (Lipinski definition) is 2. The number of carbonyl (C=O) groups excluding carboxylic acids is 1. The molecule has 6 nitrogen and oxygen atoms in total. The Morgan fingerprint density at radius 3 is 2.61 bits per heavy atom. The summed E-state index contributed by atoms with van der Waals surface area (Å²) in [6.45, 7) is 5.93. The van der Waals surface area contributed by atoms with Crippen LogP contribution >= 0.6 is 0 Å². The number of aromatic nitrogens is 2. The lowest BCUT2D eigenvalue weighted by molar-refractivity contribution is 0.0765. The molecule has 0 saturated carbocycles. The molecule has 164 valence electrons. The van der Waals surface area contributed by atoms with Gasteiger partial charge in [0.05, 0.1) is 5.52 Å². The van der Waals surface area contributed by atoms with Crippen LogP contribution in [0.5, 0.6) is 0 Å². The van der Waals surface area contributed by atoms with Gasteiger partial charge in [-0.2, -0.15) is 5.10 Å². The molecule has 1 saturated heterocycles. The monoisotopic (exact) mass is 420 g/mol. The van der Waals surface area contributed by atoms with Crippen molar-refractivity contribution in [3.05, 3.63) is 65.9 Å². The van der Waals surface area contributed by atoms with Crippen molar-refractivity contribution < 1.29 is 9.90 Å². The van der Waals surface area contributed by atoms with E-state index in [1.54, 1.807) is 0 Å². The van der Waals surface area contributed by atoms with Gasteiger partial charge in [-0.25, -0.2) is 0 Å². The number of aliphatic hydroxyl groups excluding tert-OH is 1. The number of carbonyl (C=O) groups is 1. The van der Waals surface area contributed by atoms with Gasteiger partial charge in [0.25, 0.3) is 5.91 Å². The van der Waals surface area contributed by atoms with Crippen molar-refractivity contribution in [2.45, 2.75) is 57.8 Å². The van der Waals surface area contributed by atoms with Crippen LogP contribution < -0.4 is 5.32 Å². The highest BCUT2D eigenvalue weighted by Gasteiger charge is 2.30. The second-order valence-electron chi connectivity index (χ2n) is 8.73. The molecule has 2 heterocycles. The SMILES string of the molecule is CC(C)n1nc(C(=O)NC2CCC(CCO)N(Cc3ccccc3)C2)c2ccccc21. The number of hydrogen-bond acceptors (Lipinski definition) is 4. The van der Waals surface area contributed by atoms with E-state index in [-0.39, 0.29) is 24.6 Å². The molecule has 1 aliphatic rings. The summed E-state index contributed by atoms with van der Waals surface area (Å²) in [5, 5.41) is 18.3. The van der Waals surface area contributed by atoms with E-state index >= 15 is 0 Å². The Balaban J connectivity index is 1.50. The maximum Gasteiger partial charge on any atom is 0.272 e. The zero-order chi connectivity index (χ0) is 21.8. The van der Waals surface area contributed by atoms with E-state index in [9.17, 15) is 9.90 Å². The lowest BCUT2D eigenvalue weighted by atomic mass is 9.95. The normalized spacial score (nSPS) is 19.7. The number of piperidine rings is 1. The van der Waals surface area contributed by atoms with E-state index in [4.69, 9.17) is 0 Å². The van der Waals surface area contributed by atoms with Crippen LogP contribution in [0.25, 0.3) is 10.9 Å². The van der Waals surface area contributed by atoms with Crippen molar-refractivity contribution in [1.29, 1.82) is 0 Å². The van der Waals surface area contributed by atoms with Crippen molar-refractivity contribution in [2.24, 2.45) is 0 Å². The molecule has 0 spiro atoms. The third-order valence-electron chi connectivity index (χ3n) is 6.16. The summed E-state index contributed by atoms with van der Waals surface area (Å²) in [6.07, 6.45) is 2.63. The number of fused-ring (bicyclic) bond motifs is 1. The standard InChI is InChI=1S/C25H32N4O2/c1-18(2)29-23-11-7-6-10-22(23)24(27-29)25(31)26-20-12-13-21(14-15-30)28(17-20)16-19-8-4-3-5-9-19/h3-11,18,20-21,30H,12-17H2,1-2H3,(H,26,31). The van der Waals surface area contributed by atoms with Gasteiger partial charge in [0, 0.05) is 43.2 Å². The van der Waals surface area contributed by atoms with Crippen molar-refractivity contribution in [3.63, 3.8) is 0 Å². The van der Waals surface area contributed by atoms with Gasteiger partial charge in [0.15, 0.2) is 5.69 Å². The molecule has 2 aromatic carbocycles. The molecule has 1 fully saturated rings. The Bertz CT molecular complexity index is 1010. The molecular formula is C25H32N4O2. The molecule has 1 aromatic heterocycles. The molecule has 2 atom stereocenters. The summed E-state index contributed by atoms with van der Waals surface area (Å²) in [7, 11) is 0. The van der Waals surface area contributed by atoms with E-state index < -0.39 is 0 Å². The second-order valence-corrected chi connectivity index (χ2v) is 8.73. The minimum atomic E-state index is -0.110. The summed E-state index contributed by atoms with van der Waals surface area (Å²) < 4.78 is 1.92. The maximum atomic E-state index is 13.2. The van der Waals surface area contributed by atoms with Crippen LogP contribution in [0.4, 0.5) is 0 Å². The zero-order valence-electron chi connectivity index (χ0n) is 18.4. The van der Waals surface area contributed by atoms with Crippen LogP contribution in [0.1, 0.15) is 55.2 Å². The number of nitrogens with zero attached hydrogens (tertiary/aromatic N) is 3. The number of amides is 1. The average Bonchev–Trinajstić information content (AvgIpc) is 3.17. The Morgan fingerprint density at radius 2 is 1.87 bits per heavy atom. The van der Waals surface area contributed by atoms with Crippen LogP contribution in [0, 0.1) is 0 Å². The predicted octanol–water partition coefficient (Wildman–Crippen LogP) is 3.76. The molecule has 2 unspecified atom stereocenters. The molecule has 1 aliphatic heterocycles. The topological polar surface area (TPSA) is 70.4 Å². The third kappa shape index (κ3) is 4.81. The number of likely N-dealkylation sites (tertiary alicyclic amines) is 1. The van der Waals surface area contributed by atoms with E-state index in [0.717, 1.165) is 43.3 Å². The first-order valence-corrected chi connectivity index (χ1v) is 11.2. The quantitative estimate of drug-likeness (QED) is 0.611. The molecule has 0 aliphatic carbocycles. The summed E-state index contributed by atoms with van der Waals surface area (Å²) in [4.78, 5) is 15.6. The molecule has 3 aromatic rings. The number of rotatable bonds is 7. The molecule has 0 radical (unpaired) electrons. The molecule has 0 bridgehead atoms. The first kappa shape index (κ1) is 21.5. The Labute approximate surface area is 183 Å². The minimum absolute atomic E-state index is 0.0640. The fraction of sp³-hybridized carbons (Fsp3) is 0.440. The maximum absolute atomic E-state index is 13.2. The largest absolute Gasteiger partial charge is 0.396 e. The summed E-state index contributed by atoms with van der Waals surface area (Å²) in [5.41, 5.74) is 2.73. The van der Waals surface area contributed by atoms with E-state index in [2.05, 4.69) is 53.4 Å². The zero-order valence-corrected chi connectivity index (χ0v) is 18.4. The summed E-state index contributed by atoms with van der Waals surface area (Å²) >= 11 is 0. The highest BCUT2D eigenvalue weighted by molar-refractivity contribution is 6.05. The molecule has 31 heavy (non-hydrogen) atoms. The number of benzene rings is 2. The number of para-hydroxylation sites is 1. The first-order valence-electron chi connectivity index (χ1n) is 11.2.